The second-order valence-electron chi connectivity index (χ2n) is 10.4. The highest BCUT2D eigenvalue weighted by atomic mass is 17.2. The van der Waals surface area contributed by atoms with E-state index < -0.39 is 29.3 Å². The van der Waals surface area contributed by atoms with Gasteiger partial charge in [0, 0.05) is 18.3 Å². The Hall–Kier alpha value is -1.80. The number of carbonyl (C=O) groups is 2. The van der Waals surface area contributed by atoms with Gasteiger partial charge in [0.1, 0.15) is 11.2 Å². The van der Waals surface area contributed by atoms with E-state index >= 15 is 0 Å². The smallest absolute Gasteiger partial charge is 0.285 e. The predicted octanol–water partition coefficient (Wildman–Crippen LogP) is 3.88. The molecule has 1 spiro atoms. The van der Waals surface area contributed by atoms with Gasteiger partial charge in [0.05, 0.1) is 17.2 Å². The lowest BCUT2D eigenvalue weighted by atomic mass is 9.56. The average Bonchev–Trinajstić information content (AvgIpc) is 2.88. The van der Waals surface area contributed by atoms with Gasteiger partial charge in [-0.1, -0.05) is 26.0 Å². The lowest BCUT2D eigenvalue weighted by Gasteiger charge is -2.60. The first-order valence-corrected chi connectivity index (χ1v) is 11.5. The number of benzene rings is 1. The van der Waals surface area contributed by atoms with E-state index in [1.54, 1.807) is 24.3 Å². The fourth-order valence-corrected chi connectivity index (χ4v) is 6.91. The topological polar surface area (TPSA) is 74.3 Å². The minimum absolute atomic E-state index is 0.0541. The molecule has 7 rings (SSSR count). The van der Waals surface area contributed by atoms with Crippen LogP contribution in [0.25, 0.3) is 0 Å². The van der Waals surface area contributed by atoms with E-state index in [0.717, 1.165) is 37.2 Å². The standard InChI is InChI=1S/C24H29NO6/c1-13-8-9-18-14(2)22(29-25-20(26)15-6-4-5-7-16(15)21(25)27)28-19-12-23(3)11-10-17(13)24(18,19)31-30-23/h4-7,13-14,17-19,22H,8-12H2,1-3H3/t13-,14-,17?,18?,19?,22+,23-,24-/m1/s1. The molecule has 0 aromatic heterocycles. The molecule has 7 nitrogen and oxygen atoms in total. The highest BCUT2D eigenvalue weighted by molar-refractivity contribution is 6.20. The lowest BCUT2D eigenvalue weighted by Crippen LogP contribution is -2.70. The van der Waals surface area contributed by atoms with Gasteiger partial charge < -0.3 is 4.74 Å². The summed E-state index contributed by atoms with van der Waals surface area (Å²) in [7, 11) is 0. The van der Waals surface area contributed by atoms with Crippen LogP contribution >= 0.6 is 0 Å². The molecule has 31 heavy (non-hydrogen) atoms. The molecule has 1 aromatic rings. The predicted molar refractivity (Wildman–Crippen MR) is 108 cm³/mol. The summed E-state index contributed by atoms with van der Waals surface area (Å²) in [5, 5.41) is 0.890. The molecule has 166 valence electrons. The van der Waals surface area contributed by atoms with Gasteiger partial charge >= 0.3 is 0 Å². The van der Waals surface area contributed by atoms with Gasteiger partial charge in [-0.2, -0.15) is 0 Å². The summed E-state index contributed by atoms with van der Waals surface area (Å²) in [4.78, 5) is 44.0. The Labute approximate surface area is 181 Å². The van der Waals surface area contributed by atoms with Crippen molar-refractivity contribution in [3.63, 3.8) is 0 Å². The number of hydrogen-bond donors (Lipinski definition) is 0. The van der Waals surface area contributed by atoms with Crippen LogP contribution in [0.4, 0.5) is 0 Å². The van der Waals surface area contributed by atoms with Crippen LogP contribution in [-0.2, 0) is 19.3 Å². The van der Waals surface area contributed by atoms with Crippen LogP contribution in [0.2, 0.25) is 0 Å². The van der Waals surface area contributed by atoms with Crippen LogP contribution in [0.5, 0.6) is 0 Å². The van der Waals surface area contributed by atoms with Gasteiger partial charge in [0.25, 0.3) is 11.8 Å². The minimum Gasteiger partial charge on any atom is -0.343 e. The van der Waals surface area contributed by atoms with Crippen molar-refractivity contribution in [2.24, 2.45) is 23.7 Å². The van der Waals surface area contributed by atoms with Crippen molar-refractivity contribution in [1.82, 2.24) is 5.06 Å². The van der Waals surface area contributed by atoms with Crippen LogP contribution in [0.1, 0.15) is 73.6 Å². The van der Waals surface area contributed by atoms with Gasteiger partial charge in [-0.25, -0.2) is 14.6 Å². The summed E-state index contributed by atoms with van der Waals surface area (Å²) < 4.78 is 6.54. The molecule has 7 heteroatoms. The number of hydroxylamine groups is 2. The van der Waals surface area contributed by atoms with Gasteiger partial charge in [-0.15, -0.1) is 5.06 Å². The average molecular weight is 427 g/mol. The molecule has 1 aromatic carbocycles. The van der Waals surface area contributed by atoms with Crippen molar-refractivity contribution in [1.29, 1.82) is 0 Å². The van der Waals surface area contributed by atoms with Crippen molar-refractivity contribution in [2.45, 2.75) is 76.5 Å². The third-order valence-corrected chi connectivity index (χ3v) is 8.60. The maximum Gasteiger partial charge on any atom is 0.285 e. The molecule has 0 N–H and O–H groups in total. The zero-order valence-electron chi connectivity index (χ0n) is 18.2. The molecule has 2 bridgehead atoms. The number of amides is 2. The first kappa shape index (κ1) is 19.9. The normalized spacial score (nSPS) is 46.0. The van der Waals surface area contributed by atoms with Crippen molar-refractivity contribution in [3.05, 3.63) is 35.4 Å². The van der Waals surface area contributed by atoms with Crippen LogP contribution in [0.15, 0.2) is 24.3 Å². The summed E-state index contributed by atoms with van der Waals surface area (Å²) in [6.07, 6.45) is 3.95. The Morgan fingerprint density at radius 2 is 1.71 bits per heavy atom. The molecular weight excluding hydrogens is 398 g/mol. The number of fused-ring (bicyclic) bond motifs is 3. The zero-order chi connectivity index (χ0) is 21.5. The molecule has 2 saturated carbocycles. The number of hydrogen-bond acceptors (Lipinski definition) is 6. The monoisotopic (exact) mass is 427 g/mol. The van der Waals surface area contributed by atoms with E-state index in [4.69, 9.17) is 19.3 Å². The van der Waals surface area contributed by atoms with Crippen LogP contribution < -0.4 is 0 Å². The molecule has 0 radical (unpaired) electrons. The fourth-order valence-electron chi connectivity index (χ4n) is 6.91. The molecule has 5 fully saturated rings. The second kappa shape index (κ2) is 6.61. The molecule has 3 unspecified atom stereocenters. The number of rotatable bonds is 2. The summed E-state index contributed by atoms with van der Waals surface area (Å²) in [5.74, 6) is 0.161. The number of ether oxygens (including phenoxy) is 1. The van der Waals surface area contributed by atoms with Crippen molar-refractivity contribution in [2.75, 3.05) is 0 Å². The Morgan fingerprint density at radius 1 is 1.00 bits per heavy atom. The molecular formula is C24H29NO6. The van der Waals surface area contributed by atoms with Gasteiger partial charge in [-0.3, -0.25) is 9.59 Å². The quantitative estimate of drug-likeness (QED) is 0.527. The molecule has 2 amide bonds. The van der Waals surface area contributed by atoms with E-state index in [1.165, 1.54) is 0 Å². The maximum absolute atomic E-state index is 12.8. The molecule has 3 saturated heterocycles. The zero-order valence-corrected chi connectivity index (χ0v) is 18.2. The fraction of sp³-hybridized carbons (Fsp3) is 0.667. The summed E-state index contributed by atoms with van der Waals surface area (Å²) >= 11 is 0. The largest absolute Gasteiger partial charge is 0.343 e. The van der Waals surface area contributed by atoms with E-state index in [2.05, 4.69) is 20.8 Å². The van der Waals surface area contributed by atoms with E-state index in [9.17, 15) is 9.59 Å². The number of imide groups is 1. The van der Waals surface area contributed by atoms with Gasteiger partial charge in [0.15, 0.2) is 6.29 Å². The van der Waals surface area contributed by atoms with Crippen LogP contribution in [0.3, 0.4) is 0 Å². The second-order valence-corrected chi connectivity index (χ2v) is 10.4. The van der Waals surface area contributed by atoms with Gasteiger partial charge in [0.2, 0.25) is 0 Å². The molecule has 8 atom stereocenters. The van der Waals surface area contributed by atoms with Crippen molar-refractivity contribution < 1.29 is 28.9 Å². The minimum atomic E-state index is -0.691. The Bertz CT molecular complexity index is 915. The maximum atomic E-state index is 12.8. The summed E-state index contributed by atoms with van der Waals surface area (Å²) in [5.41, 5.74) is -0.138. The number of nitrogens with zero attached hydrogens (tertiary/aromatic N) is 1. The van der Waals surface area contributed by atoms with E-state index in [0.29, 0.717) is 23.0 Å². The Morgan fingerprint density at radius 3 is 2.42 bits per heavy atom. The SMILES string of the molecule is C[C@@H]1CCC2[C@@H](C)[C@H](ON3C(=O)c4ccccc4C3=O)OC3C[C@@]4(C)CCC1[C@]32OO4. The number of carbonyl (C=O) groups excluding carboxylic acids is 2. The lowest BCUT2D eigenvalue weighted by molar-refractivity contribution is -0.499. The first-order valence-electron chi connectivity index (χ1n) is 11.5. The summed E-state index contributed by atoms with van der Waals surface area (Å²) in [6, 6.07) is 6.81. The van der Waals surface area contributed by atoms with Crippen LogP contribution in [0, 0.1) is 23.7 Å². The Balaban J connectivity index is 1.32. The van der Waals surface area contributed by atoms with E-state index in [-0.39, 0.29) is 17.9 Å². The van der Waals surface area contributed by atoms with Crippen molar-refractivity contribution in [3.8, 4) is 0 Å². The third-order valence-electron chi connectivity index (χ3n) is 8.60. The van der Waals surface area contributed by atoms with Crippen molar-refractivity contribution >= 4 is 11.8 Å². The molecule has 2 aliphatic carbocycles. The summed E-state index contributed by atoms with van der Waals surface area (Å²) in [6.45, 7) is 6.47. The third kappa shape index (κ3) is 2.61. The molecule has 6 aliphatic rings. The molecule has 4 aliphatic heterocycles. The highest BCUT2D eigenvalue weighted by Crippen LogP contribution is 2.61. The van der Waals surface area contributed by atoms with E-state index in [1.807, 2.05) is 0 Å². The van der Waals surface area contributed by atoms with Gasteiger partial charge in [-0.05, 0) is 56.6 Å². The first-order chi connectivity index (χ1) is 14.8. The van der Waals surface area contributed by atoms with Crippen LogP contribution in [-0.4, -0.2) is 40.5 Å². The highest BCUT2D eigenvalue weighted by Gasteiger charge is 2.68. The molecule has 4 heterocycles. The Kier molecular flexibility index (Phi) is 4.23.